The first-order valence-corrected chi connectivity index (χ1v) is 5.98. The summed E-state index contributed by atoms with van der Waals surface area (Å²) in [4.78, 5) is 12.0. The van der Waals surface area contributed by atoms with Crippen molar-refractivity contribution in [1.82, 2.24) is 5.32 Å². The van der Waals surface area contributed by atoms with Crippen LogP contribution in [0.3, 0.4) is 0 Å². The molecule has 1 aliphatic carbocycles. The van der Waals surface area contributed by atoms with Crippen LogP contribution >= 0.6 is 0 Å². The quantitative estimate of drug-likeness (QED) is 0.797. The van der Waals surface area contributed by atoms with Crippen LogP contribution in [0.5, 0.6) is 0 Å². The average Bonchev–Trinajstić information content (AvgIpc) is 2.70. The summed E-state index contributed by atoms with van der Waals surface area (Å²) in [5.41, 5.74) is 5.21. The topological polar surface area (TPSA) is 55.1 Å². The van der Waals surface area contributed by atoms with Gasteiger partial charge in [-0.25, -0.2) is 8.78 Å². The molecule has 3 N–H and O–H groups in total. The minimum absolute atomic E-state index is 0.0120. The van der Waals surface area contributed by atoms with E-state index in [2.05, 4.69) is 5.32 Å². The van der Waals surface area contributed by atoms with Crippen molar-refractivity contribution in [2.75, 3.05) is 5.73 Å². The molecule has 0 radical (unpaired) electrons. The predicted octanol–water partition coefficient (Wildman–Crippen LogP) is 2.61. The van der Waals surface area contributed by atoms with Crippen LogP contribution in [0.1, 0.15) is 43.0 Å². The minimum atomic E-state index is -1.06. The van der Waals surface area contributed by atoms with E-state index in [0.717, 1.165) is 37.8 Å². The van der Waals surface area contributed by atoms with Gasteiger partial charge >= 0.3 is 0 Å². The van der Waals surface area contributed by atoms with Crippen LogP contribution in [-0.4, -0.2) is 11.4 Å². The second-order valence-electron chi connectivity index (χ2n) is 5.08. The van der Waals surface area contributed by atoms with Gasteiger partial charge in [-0.05, 0) is 25.8 Å². The highest BCUT2D eigenvalue weighted by atomic mass is 19.2. The number of carbonyl (C=O) groups is 1. The van der Waals surface area contributed by atoms with E-state index in [4.69, 9.17) is 5.73 Å². The van der Waals surface area contributed by atoms with Gasteiger partial charge < -0.3 is 11.1 Å². The maximum absolute atomic E-state index is 13.1. The number of nitrogens with two attached hydrogens (primary N) is 1. The number of benzene rings is 1. The largest absolute Gasteiger partial charge is 0.398 e. The number of halogens is 2. The summed E-state index contributed by atoms with van der Waals surface area (Å²) >= 11 is 0. The van der Waals surface area contributed by atoms with Gasteiger partial charge in [0.1, 0.15) is 0 Å². The third-order valence-corrected chi connectivity index (χ3v) is 3.46. The molecule has 0 heterocycles. The first-order valence-electron chi connectivity index (χ1n) is 5.98. The highest BCUT2D eigenvalue weighted by Gasteiger charge is 2.31. The molecule has 98 valence electrons. The highest BCUT2D eigenvalue weighted by molar-refractivity contribution is 5.99. The van der Waals surface area contributed by atoms with E-state index in [0.29, 0.717) is 0 Å². The average molecular weight is 254 g/mol. The Bertz CT molecular complexity index is 482. The maximum Gasteiger partial charge on any atom is 0.253 e. The number of carbonyl (C=O) groups excluding carboxylic acids is 1. The lowest BCUT2D eigenvalue weighted by Gasteiger charge is -2.25. The van der Waals surface area contributed by atoms with Crippen LogP contribution in [0.4, 0.5) is 14.5 Å². The van der Waals surface area contributed by atoms with Crippen LogP contribution in [0.2, 0.25) is 0 Å². The second kappa shape index (κ2) is 4.55. The zero-order chi connectivity index (χ0) is 13.3. The highest BCUT2D eigenvalue weighted by Crippen LogP contribution is 2.29. The molecule has 1 aliphatic rings. The van der Waals surface area contributed by atoms with Gasteiger partial charge in [0.25, 0.3) is 5.91 Å². The van der Waals surface area contributed by atoms with Gasteiger partial charge in [0.2, 0.25) is 0 Å². The maximum atomic E-state index is 13.1. The van der Waals surface area contributed by atoms with Crippen LogP contribution in [-0.2, 0) is 0 Å². The third kappa shape index (κ3) is 2.44. The molecule has 1 saturated carbocycles. The van der Waals surface area contributed by atoms with E-state index in [1.807, 2.05) is 6.92 Å². The number of hydrogen-bond acceptors (Lipinski definition) is 2. The van der Waals surface area contributed by atoms with Crippen molar-refractivity contribution < 1.29 is 13.6 Å². The molecule has 0 spiro atoms. The van der Waals surface area contributed by atoms with Crippen molar-refractivity contribution in [2.24, 2.45) is 0 Å². The van der Waals surface area contributed by atoms with E-state index < -0.39 is 17.5 Å². The lowest BCUT2D eigenvalue weighted by atomic mass is 9.99. The van der Waals surface area contributed by atoms with E-state index in [1.165, 1.54) is 0 Å². The molecule has 0 unspecified atom stereocenters. The van der Waals surface area contributed by atoms with Gasteiger partial charge in [-0.2, -0.15) is 0 Å². The zero-order valence-electron chi connectivity index (χ0n) is 10.2. The molecule has 1 aromatic carbocycles. The van der Waals surface area contributed by atoms with Crippen molar-refractivity contribution in [3.63, 3.8) is 0 Å². The standard InChI is InChI=1S/C13H16F2N2O/c1-13(4-2-3-5-13)17-12(18)8-6-9(14)10(15)7-11(8)16/h6-7H,2-5,16H2,1H3,(H,17,18). The fourth-order valence-corrected chi connectivity index (χ4v) is 2.38. The molecule has 18 heavy (non-hydrogen) atoms. The van der Waals surface area contributed by atoms with Crippen molar-refractivity contribution in [3.05, 3.63) is 29.3 Å². The molecule has 0 bridgehead atoms. The number of hydrogen-bond donors (Lipinski definition) is 2. The van der Waals surface area contributed by atoms with Gasteiger partial charge in [0.15, 0.2) is 11.6 Å². The van der Waals surface area contributed by atoms with Crippen molar-refractivity contribution >= 4 is 11.6 Å². The third-order valence-electron chi connectivity index (χ3n) is 3.46. The molecular weight excluding hydrogens is 238 g/mol. The first-order chi connectivity index (χ1) is 8.41. The van der Waals surface area contributed by atoms with Crippen LogP contribution in [0, 0.1) is 11.6 Å². The normalized spacial score (nSPS) is 17.7. The van der Waals surface area contributed by atoms with Crippen molar-refractivity contribution in [3.8, 4) is 0 Å². The first kappa shape index (κ1) is 12.8. The summed E-state index contributed by atoms with van der Waals surface area (Å²) in [7, 11) is 0. The lowest BCUT2D eigenvalue weighted by molar-refractivity contribution is 0.0908. The Morgan fingerprint density at radius 1 is 1.28 bits per heavy atom. The molecule has 5 heteroatoms. The Labute approximate surface area is 104 Å². The molecule has 1 aromatic rings. The molecule has 1 amide bonds. The fraction of sp³-hybridized carbons (Fsp3) is 0.462. The van der Waals surface area contributed by atoms with E-state index in [-0.39, 0.29) is 16.8 Å². The Balaban J connectivity index is 2.21. The number of amides is 1. The van der Waals surface area contributed by atoms with Gasteiger partial charge in [-0.3, -0.25) is 4.79 Å². The SMILES string of the molecule is CC1(NC(=O)c2cc(F)c(F)cc2N)CCCC1. The fourth-order valence-electron chi connectivity index (χ4n) is 2.38. The molecular formula is C13H16F2N2O. The van der Waals surface area contributed by atoms with E-state index in [1.54, 1.807) is 0 Å². The predicted molar refractivity (Wildman–Crippen MR) is 65.1 cm³/mol. The number of nitrogen functional groups attached to an aromatic ring is 1. The molecule has 1 fully saturated rings. The van der Waals surface area contributed by atoms with Crippen molar-refractivity contribution in [1.29, 1.82) is 0 Å². The van der Waals surface area contributed by atoms with Crippen LogP contribution in [0.15, 0.2) is 12.1 Å². The molecule has 2 rings (SSSR count). The summed E-state index contributed by atoms with van der Waals surface area (Å²) in [6.07, 6.45) is 3.90. The van der Waals surface area contributed by atoms with Crippen molar-refractivity contribution in [2.45, 2.75) is 38.1 Å². The van der Waals surface area contributed by atoms with Crippen LogP contribution in [0.25, 0.3) is 0 Å². The Morgan fingerprint density at radius 2 is 1.83 bits per heavy atom. The number of anilines is 1. The molecule has 0 atom stereocenters. The summed E-state index contributed by atoms with van der Waals surface area (Å²) in [6.45, 7) is 1.95. The molecule has 0 aliphatic heterocycles. The van der Waals surface area contributed by atoms with Gasteiger partial charge in [0.05, 0.1) is 5.56 Å². The smallest absolute Gasteiger partial charge is 0.253 e. The Kier molecular flexibility index (Phi) is 3.24. The monoisotopic (exact) mass is 254 g/mol. The zero-order valence-corrected chi connectivity index (χ0v) is 10.2. The van der Waals surface area contributed by atoms with E-state index >= 15 is 0 Å². The molecule has 3 nitrogen and oxygen atoms in total. The summed E-state index contributed by atoms with van der Waals surface area (Å²) in [6, 6.07) is 1.68. The molecule has 0 aromatic heterocycles. The second-order valence-corrected chi connectivity index (χ2v) is 5.08. The summed E-state index contributed by atoms with van der Waals surface area (Å²) in [5.74, 6) is -2.56. The van der Waals surface area contributed by atoms with Crippen LogP contribution < -0.4 is 11.1 Å². The number of rotatable bonds is 2. The van der Waals surface area contributed by atoms with E-state index in [9.17, 15) is 13.6 Å². The number of nitrogens with one attached hydrogen (secondary N) is 1. The van der Waals surface area contributed by atoms with Gasteiger partial charge in [-0.1, -0.05) is 12.8 Å². The van der Waals surface area contributed by atoms with Gasteiger partial charge in [0, 0.05) is 17.3 Å². The lowest BCUT2D eigenvalue weighted by Crippen LogP contribution is -2.43. The Morgan fingerprint density at radius 3 is 2.44 bits per heavy atom. The summed E-state index contributed by atoms with van der Waals surface area (Å²) in [5, 5.41) is 2.85. The summed E-state index contributed by atoms with van der Waals surface area (Å²) < 4.78 is 26.0. The van der Waals surface area contributed by atoms with Gasteiger partial charge in [-0.15, -0.1) is 0 Å². The minimum Gasteiger partial charge on any atom is -0.398 e. The molecule has 0 saturated heterocycles. The Hall–Kier alpha value is -1.65.